The number of carbonyl (C=O) groups is 2. The Kier molecular flexibility index (Phi) is 4.69. The fourth-order valence-electron chi connectivity index (χ4n) is 1.62. The zero-order valence-electron chi connectivity index (χ0n) is 10.5. The molecular formula is C13H18N2O2. The third-order valence-electron chi connectivity index (χ3n) is 2.23. The van der Waals surface area contributed by atoms with Crippen LogP contribution in [0.15, 0.2) is 18.2 Å². The topological polar surface area (TPSA) is 58.2 Å². The Morgan fingerprint density at radius 2 is 1.71 bits per heavy atom. The highest BCUT2D eigenvalue weighted by molar-refractivity contribution is 5.91. The van der Waals surface area contributed by atoms with Crippen LogP contribution in [-0.2, 0) is 9.59 Å². The third kappa shape index (κ3) is 5.15. The fourth-order valence-corrected chi connectivity index (χ4v) is 1.62. The molecule has 0 saturated carbocycles. The number of amides is 2. The van der Waals surface area contributed by atoms with Crippen molar-refractivity contribution in [2.24, 2.45) is 0 Å². The number of hydrogen-bond donors (Lipinski definition) is 2. The van der Waals surface area contributed by atoms with Crippen molar-refractivity contribution in [1.82, 2.24) is 5.32 Å². The van der Waals surface area contributed by atoms with Crippen LogP contribution in [0.4, 0.5) is 5.69 Å². The van der Waals surface area contributed by atoms with E-state index in [9.17, 15) is 9.59 Å². The first-order valence-electron chi connectivity index (χ1n) is 5.60. The predicted octanol–water partition coefficient (Wildman–Crippen LogP) is 1.77. The van der Waals surface area contributed by atoms with E-state index in [0.717, 1.165) is 16.8 Å². The highest BCUT2D eigenvalue weighted by Gasteiger charge is 2.03. The summed E-state index contributed by atoms with van der Waals surface area (Å²) in [6, 6.07) is 5.89. The Bertz CT molecular complexity index is 407. The van der Waals surface area contributed by atoms with Gasteiger partial charge < -0.3 is 10.6 Å². The van der Waals surface area contributed by atoms with E-state index >= 15 is 0 Å². The van der Waals surface area contributed by atoms with E-state index in [4.69, 9.17) is 0 Å². The minimum absolute atomic E-state index is 0.0937. The zero-order chi connectivity index (χ0) is 12.8. The molecule has 0 radical (unpaired) electrons. The van der Waals surface area contributed by atoms with Gasteiger partial charge in [-0.2, -0.15) is 0 Å². The summed E-state index contributed by atoms with van der Waals surface area (Å²) in [6.07, 6.45) is 0.284. The van der Waals surface area contributed by atoms with Gasteiger partial charge in [0, 0.05) is 25.6 Å². The van der Waals surface area contributed by atoms with Crippen LogP contribution in [0.1, 0.15) is 24.5 Å². The molecule has 0 aliphatic rings. The minimum Gasteiger partial charge on any atom is -0.356 e. The lowest BCUT2D eigenvalue weighted by Crippen LogP contribution is -2.25. The Morgan fingerprint density at radius 1 is 1.12 bits per heavy atom. The summed E-state index contributed by atoms with van der Waals surface area (Å²) in [7, 11) is 0. The molecule has 1 aromatic carbocycles. The molecule has 2 amide bonds. The molecule has 17 heavy (non-hydrogen) atoms. The Balaban J connectivity index is 2.47. The van der Waals surface area contributed by atoms with Crippen molar-refractivity contribution in [2.75, 3.05) is 11.9 Å². The summed E-state index contributed by atoms with van der Waals surface area (Å²) in [6.45, 7) is 5.77. The summed E-state index contributed by atoms with van der Waals surface area (Å²) in [5.41, 5.74) is 3.03. The van der Waals surface area contributed by atoms with Crippen LogP contribution in [0.3, 0.4) is 0 Å². The number of aryl methyl sites for hydroxylation is 2. The molecule has 92 valence electrons. The van der Waals surface area contributed by atoms with Crippen LogP contribution >= 0.6 is 0 Å². The summed E-state index contributed by atoms with van der Waals surface area (Å²) in [5.74, 6) is -0.215. The largest absolute Gasteiger partial charge is 0.356 e. The summed E-state index contributed by atoms with van der Waals surface area (Å²) < 4.78 is 0. The van der Waals surface area contributed by atoms with Gasteiger partial charge in [0.2, 0.25) is 11.8 Å². The van der Waals surface area contributed by atoms with Crippen LogP contribution in [0.25, 0.3) is 0 Å². The molecule has 0 spiro atoms. The van der Waals surface area contributed by atoms with E-state index in [1.807, 2.05) is 32.0 Å². The fraction of sp³-hybridized carbons (Fsp3) is 0.385. The van der Waals surface area contributed by atoms with Crippen molar-refractivity contribution >= 4 is 17.5 Å². The number of rotatable bonds is 4. The average Bonchev–Trinajstić information content (AvgIpc) is 2.14. The lowest BCUT2D eigenvalue weighted by Gasteiger charge is -2.07. The van der Waals surface area contributed by atoms with Crippen LogP contribution in [0, 0.1) is 13.8 Å². The van der Waals surface area contributed by atoms with Gasteiger partial charge in [-0.15, -0.1) is 0 Å². The van der Waals surface area contributed by atoms with E-state index in [2.05, 4.69) is 10.6 Å². The highest BCUT2D eigenvalue weighted by atomic mass is 16.2. The molecule has 0 aliphatic heterocycles. The SMILES string of the molecule is CC(=O)NCCC(=O)Nc1cc(C)cc(C)c1. The molecule has 0 bridgehead atoms. The molecule has 4 nitrogen and oxygen atoms in total. The van der Waals surface area contributed by atoms with Crippen molar-refractivity contribution in [3.63, 3.8) is 0 Å². The number of anilines is 1. The maximum Gasteiger partial charge on any atom is 0.226 e. The normalized spacial score (nSPS) is 9.82. The molecule has 0 heterocycles. The zero-order valence-corrected chi connectivity index (χ0v) is 10.5. The number of benzene rings is 1. The molecule has 0 fully saturated rings. The monoisotopic (exact) mass is 234 g/mol. The number of hydrogen-bond acceptors (Lipinski definition) is 2. The highest BCUT2D eigenvalue weighted by Crippen LogP contribution is 2.13. The van der Waals surface area contributed by atoms with E-state index in [1.54, 1.807) is 0 Å². The summed E-state index contributed by atoms with van der Waals surface area (Å²) >= 11 is 0. The molecule has 0 saturated heterocycles. The predicted molar refractivity (Wildman–Crippen MR) is 67.8 cm³/mol. The van der Waals surface area contributed by atoms with Gasteiger partial charge in [-0.1, -0.05) is 6.07 Å². The van der Waals surface area contributed by atoms with Gasteiger partial charge in [0.25, 0.3) is 0 Å². The first-order chi connectivity index (χ1) is 7.97. The smallest absolute Gasteiger partial charge is 0.226 e. The first-order valence-corrected chi connectivity index (χ1v) is 5.60. The van der Waals surface area contributed by atoms with Gasteiger partial charge >= 0.3 is 0 Å². The van der Waals surface area contributed by atoms with Crippen LogP contribution in [-0.4, -0.2) is 18.4 Å². The molecule has 4 heteroatoms. The molecule has 0 unspecified atom stereocenters. The second kappa shape index (κ2) is 6.03. The van der Waals surface area contributed by atoms with Crippen molar-refractivity contribution in [2.45, 2.75) is 27.2 Å². The molecular weight excluding hydrogens is 216 g/mol. The Hall–Kier alpha value is -1.84. The molecule has 0 atom stereocenters. The third-order valence-corrected chi connectivity index (χ3v) is 2.23. The van der Waals surface area contributed by atoms with Gasteiger partial charge in [0.1, 0.15) is 0 Å². The van der Waals surface area contributed by atoms with Gasteiger partial charge in [-0.3, -0.25) is 9.59 Å². The molecule has 1 aromatic rings. The van der Waals surface area contributed by atoms with E-state index in [0.29, 0.717) is 6.54 Å². The van der Waals surface area contributed by atoms with Crippen molar-refractivity contribution in [3.05, 3.63) is 29.3 Å². The lowest BCUT2D eigenvalue weighted by molar-refractivity contribution is -0.119. The van der Waals surface area contributed by atoms with Gasteiger partial charge in [0.15, 0.2) is 0 Å². The molecule has 0 aliphatic carbocycles. The molecule has 2 N–H and O–H groups in total. The Morgan fingerprint density at radius 3 is 2.24 bits per heavy atom. The van der Waals surface area contributed by atoms with Crippen molar-refractivity contribution in [1.29, 1.82) is 0 Å². The minimum atomic E-state index is -0.121. The maximum atomic E-state index is 11.6. The second-order valence-electron chi connectivity index (χ2n) is 4.16. The van der Waals surface area contributed by atoms with Crippen LogP contribution in [0.5, 0.6) is 0 Å². The second-order valence-corrected chi connectivity index (χ2v) is 4.16. The summed E-state index contributed by atoms with van der Waals surface area (Å²) in [4.78, 5) is 22.2. The quantitative estimate of drug-likeness (QED) is 0.834. The van der Waals surface area contributed by atoms with Crippen LogP contribution < -0.4 is 10.6 Å². The maximum absolute atomic E-state index is 11.6. The van der Waals surface area contributed by atoms with Gasteiger partial charge in [0.05, 0.1) is 0 Å². The van der Waals surface area contributed by atoms with Gasteiger partial charge in [-0.25, -0.2) is 0 Å². The lowest BCUT2D eigenvalue weighted by atomic mass is 10.1. The van der Waals surface area contributed by atoms with E-state index in [1.165, 1.54) is 6.92 Å². The first kappa shape index (κ1) is 13.2. The standard InChI is InChI=1S/C13H18N2O2/c1-9-6-10(2)8-12(7-9)15-13(17)4-5-14-11(3)16/h6-8H,4-5H2,1-3H3,(H,14,16)(H,15,17). The van der Waals surface area contributed by atoms with Crippen LogP contribution in [0.2, 0.25) is 0 Å². The summed E-state index contributed by atoms with van der Waals surface area (Å²) in [5, 5.41) is 5.39. The van der Waals surface area contributed by atoms with Crippen molar-refractivity contribution < 1.29 is 9.59 Å². The number of carbonyl (C=O) groups excluding carboxylic acids is 2. The van der Waals surface area contributed by atoms with Gasteiger partial charge in [-0.05, 0) is 37.1 Å². The number of nitrogens with one attached hydrogen (secondary N) is 2. The molecule has 0 aromatic heterocycles. The van der Waals surface area contributed by atoms with E-state index < -0.39 is 0 Å². The molecule has 1 rings (SSSR count). The Labute approximate surface area is 101 Å². The van der Waals surface area contributed by atoms with Crippen molar-refractivity contribution in [3.8, 4) is 0 Å². The average molecular weight is 234 g/mol. The van der Waals surface area contributed by atoms with E-state index in [-0.39, 0.29) is 18.2 Å².